The van der Waals surface area contributed by atoms with E-state index in [1.165, 1.54) is 10.9 Å². The fourth-order valence-electron chi connectivity index (χ4n) is 1.02. The highest BCUT2D eigenvalue weighted by molar-refractivity contribution is 6.19. The summed E-state index contributed by atoms with van der Waals surface area (Å²) >= 11 is 5.38. The SMILES string of the molecule is Cn1ncc(C(=O)O)c1NC(=O)CCCl. The van der Waals surface area contributed by atoms with Crippen LogP contribution in [0.25, 0.3) is 0 Å². The number of amides is 1. The Hall–Kier alpha value is -1.56. The molecule has 7 heteroatoms. The Labute approximate surface area is 90.8 Å². The zero-order valence-electron chi connectivity index (χ0n) is 8.03. The Kier molecular flexibility index (Phi) is 3.68. The second-order valence-corrected chi connectivity index (χ2v) is 3.20. The van der Waals surface area contributed by atoms with Gasteiger partial charge in [0.05, 0.1) is 6.20 Å². The summed E-state index contributed by atoms with van der Waals surface area (Å²) < 4.78 is 1.29. The van der Waals surface area contributed by atoms with Gasteiger partial charge in [0.15, 0.2) is 0 Å². The van der Waals surface area contributed by atoms with Crippen molar-refractivity contribution in [2.24, 2.45) is 7.05 Å². The molecular weight excluding hydrogens is 222 g/mol. The number of hydrogen-bond acceptors (Lipinski definition) is 3. The van der Waals surface area contributed by atoms with E-state index in [0.29, 0.717) is 0 Å². The van der Waals surface area contributed by atoms with Crippen LogP contribution in [0.15, 0.2) is 6.20 Å². The van der Waals surface area contributed by atoms with Crippen molar-refractivity contribution >= 4 is 29.3 Å². The average Bonchev–Trinajstić information content (AvgIpc) is 2.48. The molecule has 6 nitrogen and oxygen atoms in total. The van der Waals surface area contributed by atoms with Gasteiger partial charge in [0.1, 0.15) is 11.4 Å². The monoisotopic (exact) mass is 231 g/mol. The summed E-state index contributed by atoms with van der Waals surface area (Å²) in [5, 5.41) is 15.0. The van der Waals surface area contributed by atoms with E-state index in [2.05, 4.69) is 10.4 Å². The lowest BCUT2D eigenvalue weighted by Gasteiger charge is -2.05. The van der Waals surface area contributed by atoms with Gasteiger partial charge in [0, 0.05) is 19.3 Å². The molecule has 1 amide bonds. The van der Waals surface area contributed by atoms with Gasteiger partial charge in [-0.15, -0.1) is 11.6 Å². The number of hydrogen-bond donors (Lipinski definition) is 2. The van der Waals surface area contributed by atoms with Crippen LogP contribution in [0.3, 0.4) is 0 Å². The Bertz CT molecular complexity index is 388. The molecule has 0 aliphatic carbocycles. The van der Waals surface area contributed by atoms with E-state index in [4.69, 9.17) is 16.7 Å². The molecule has 0 unspecified atom stereocenters. The predicted molar refractivity (Wildman–Crippen MR) is 54.1 cm³/mol. The van der Waals surface area contributed by atoms with Gasteiger partial charge in [-0.05, 0) is 0 Å². The van der Waals surface area contributed by atoms with Crippen molar-refractivity contribution < 1.29 is 14.7 Å². The number of alkyl halides is 1. The van der Waals surface area contributed by atoms with Gasteiger partial charge in [0.2, 0.25) is 5.91 Å². The number of carbonyl (C=O) groups is 2. The van der Waals surface area contributed by atoms with Gasteiger partial charge in [0.25, 0.3) is 0 Å². The van der Waals surface area contributed by atoms with Crippen LogP contribution in [0.2, 0.25) is 0 Å². The number of aromatic carboxylic acids is 1. The molecule has 0 bridgehead atoms. The molecular formula is C8H10ClN3O3. The molecule has 1 aromatic rings. The fraction of sp³-hybridized carbons (Fsp3) is 0.375. The minimum Gasteiger partial charge on any atom is -0.477 e. The number of rotatable bonds is 4. The first-order valence-corrected chi connectivity index (χ1v) is 4.70. The smallest absolute Gasteiger partial charge is 0.341 e. The molecule has 0 saturated heterocycles. The van der Waals surface area contributed by atoms with E-state index in [0.717, 1.165) is 0 Å². The van der Waals surface area contributed by atoms with Crippen molar-refractivity contribution in [3.8, 4) is 0 Å². The molecule has 82 valence electrons. The van der Waals surface area contributed by atoms with Crippen LogP contribution in [0.1, 0.15) is 16.8 Å². The first-order chi connectivity index (χ1) is 7.06. The number of carboxylic acids is 1. The number of halogens is 1. The number of aromatic nitrogens is 2. The van der Waals surface area contributed by atoms with Gasteiger partial charge >= 0.3 is 5.97 Å². The molecule has 0 radical (unpaired) electrons. The molecule has 1 rings (SSSR count). The van der Waals surface area contributed by atoms with Crippen LogP contribution < -0.4 is 5.32 Å². The van der Waals surface area contributed by atoms with Gasteiger partial charge in [-0.25, -0.2) is 4.79 Å². The van der Waals surface area contributed by atoms with Gasteiger partial charge in [-0.1, -0.05) is 0 Å². The summed E-state index contributed by atoms with van der Waals surface area (Å²) in [5.74, 6) is -1.12. The minimum absolute atomic E-state index is 0.0413. The Morgan fingerprint density at radius 2 is 2.33 bits per heavy atom. The predicted octanol–water partition coefficient (Wildman–Crippen LogP) is 0.686. The average molecular weight is 232 g/mol. The maximum absolute atomic E-state index is 11.2. The summed E-state index contributed by atoms with van der Waals surface area (Å²) in [4.78, 5) is 22.0. The summed E-state index contributed by atoms with van der Waals surface area (Å²) in [6.45, 7) is 0. The zero-order valence-corrected chi connectivity index (χ0v) is 8.78. The molecule has 0 atom stereocenters. The Balaban J connectivity index is 2.88. The Morgan fingerprint density at radius 1 is 1.67 bits per heavy atom. The van der Waals surface area contributed by atoms with E-state index in [1.54, 1.807) is 7.05 Å². The summed E-state index contributed by atoms with van der Waals surface area (Å²) in [5.41, 5.74) is -0.0413. The molecule has 0 aliphatic heterocycles. The molecule has 1 aromatic heterocycles. The van der Waals surface area contributed by atoms with Crippen LogP contribution in [0, 0.1) is 0 Å². The highest BCUT2D eigenvalue weighted by Crippen LogP contribution is 2.13. The van der Waals surface area contributed by atoms with E-state index >= 15 is 0 Å². The zero-order chi connectivity index (χ0) is 11.4. The number of aryl methyl sites for hydroxylation is 1. The van der Waals surface area contributed by atoms with Crippen molar-refractivity contribution in [2.45, 2.75) is 6.42 Å². The highest BCUT2D eigenvalue weighted by Gasteiger charge is 2.16. The molecule has 15 heavy (non-hydrogen) atoms. The second kappa shape index (κ2) is 4.79. The highest BCUT2D eigenvalue weighted by atomic mass is 35.5. The van der Waals surface area contributed by atoms with Crippen molar-refractivity contribution in [3.63, 3.8) is 0 Å². The van der Waals surface area contributed by atoms with E-state index in [9.17, 15) is 9.59 Å². The number of nitrogens with one attached hydrogen (secondary N) is 1. The summed E-state index contributed by atoms with van der Waals surface area (Å²) in [6, 6.07) is 0. The molecule has 0 aliphatic rings. The number of nitrogens with zero attached hydrogens (tertiary/aromatic N) is 2. The quantitative estimate of drug-likeness (QED) is 0.747. The van der Waals surface area contributed by atoms with Crippen LogP contribution in [0.5, 0.6) is 0 Å². The Morgan fingerprint density at radius 3 is 2.87 bits per heavy atom. The van der Waals surface area contributed by atoms with Crippen LogP contribution in [-0.4, -0.2) is 32.6 Å². The first kappa shape index (κ1) is 11.5. The standard InChI is InChI=1S/C8H10ClN3O3/c1-12-7(11-6(13)2-3-9)5(4-10-12)8(14)15/h4H,2-3H2,1H3,(H,11,13)(H,14,15). The van der Waals surface area contributed by atoms with Crippen LogP contribution in [0.4, 0.5) is 5.82 Å². The second-order valence-electron chi connectivity index (χ2n) is 2.82. The molecule has 0 aromatic carbocycles. The van der Waals surface area contributed by atoms with Crippen molar-refractivity contribution in [1.82, 2.24) is 9.78 Å². The van der Waals surface area contributed by atoms with E-state index in [-0.39, 0.29) is 29.6 Å². The molecule has 0 spiro atoms. The van der Waals surface area contributed by atoms with Crippen LogP contribution in [-0.2, 0) is 11.8 Å². The van der Waals surface area contributed by atoms with Crippen LogP contribution >= 0.6 is 11.6 Å². The molecule has 0 fully saturated rings. The topological polar surface area (TPSA) is 84.2 Å². The van der Waals surface area contributed by atoms with Gasteiger partial charge < -0.3 is 10.4 Å². The minimum atomic E-state index is -1.13. The van der Waals surface area contributed by atoms with E-state index in [1.807, 2.05) is 0 Å². The van der Waals surface area contributed by atoms with Crippen molar-refractivity contribution in [3.05, 3.63) is 11.8 Å². The third-order valence-corrected chi connectivity index (χ3v) is 1.94. The van der Waals surface area contributed by atoms with Crippen molar-refractivity contribution in [2.75, 3.05) is 11.2 Å². The normalized spacial score (nSPS) is 10.0. The maximum Gasteiger partial charge on any atom is 0.341 e. The summed E-state index contributed by atoms with van der Waals surface area (Å²) in [7, 11) is 1.54. The number of carboxylic acid groups (broad SMARTS) is 1. The third-order valence-electron chi connectivity index (χ3n) is 1.75. The maximum atomic E-state index is 11.2. The number of anilines is 1. The lowest BCUT2D eigenvalue weighted by molar-refractivity contribution is -0.115. The van der Waals surface area contributed by atoms with Gasteiger partial charge in [-0.2, -0.15) is 5.10 Å². The lowest BCUT2D eigenvalue weighted by Crippen LogP contribution is -2.16. The molecule has 1 heterocycles. The van der Waals surface area contributed by atoms with Gasteiger partial charge in [-0.3, -0.25) is 9.48 Å². The first-order valence-electron chi connectivity index (χ1n) is 4.17. The third kappa shape index (κ3) is 2.69. The van der Waals surface area contributed by atoms with E-state index < -0.39 is 5.97 Å². The summed E-state index contributed by atoms with van der Waals surface area (Å²) in [6.07, 6.45) is 1.31. The molecule has 2 N–H and O–H groups in total. The fourth-order valence-corrected chi connectivity index (χ4v) is 1.19. The largest absolute Gasteiger partial charge is 0.477 e. The lowest BCUT2D eigenvalue weighted by atomic mass is 10.3. The van der Waals surface area contributed by atoms with Crippen molar-refractivity contribution in [1.29, 1.82) is 0 Å². The molecule has 0 saturated carbocycles. The number of carbonyl (C=O) groups excluding carboxylic acids is 1.